The molecule has 5 atom stereocenters. The summed E-state index contributed by atoms with van der Waals surface area (Å²) in [5.74, 6) is -0.970. The Labute approximate surface area is 112 Å². The predicted octanol–water partition coefficient (Wildman–Crippen LogP) is 0.973. The highest BCUT2D eigenvalue weighted by Gasteiger charge is 2.70. The van der Waals surface area contributed by atoms with Crippen molar-refractivity contribution >= 4 is 5.97 Å². The standard InChI is InChI=1S/C13H20O6/c1-7(14)16-8-5-6-13(8)10-9(11(15-4)19-13)17-12(2,3)18-10/h8-11H,5-6H2,1-4H3/t8-,9?,10?,11?,13-/m1/s1. The maximum atomic E-state index is 11.2. The third-order valence-corrected chi connectivity index (χ3v) is 4.10. The quantitative estimate of drug-likeness (QED) is 0.698. The molecule has 6 nitrogen and oxygen atoms in total. The third kappa shape index (κ3) is 1.89. The van der Waals surface area contributed by atoms with Crippen molar-refractivity contribution in [2.75, 3.05) is 7.11 Å². The van der Waals surface area contributed by atoms with E-state index in [9.17, 15) is 4.79 Å². The van der Waals surface area contributed by atoms with Crippen molar-refractivity contribution in [1.82, 2.24) is 0 Å². The monoisotopic (exact) mass is 272 g/mol. The van der Waals surface area contributed by atoms with Crippen molar-refractivity contribution in [3.63, 3.8) is 0 Å². The van der Waals surface area contributed by atoms with E-state index in [1.165, 1.54) is 6.92 Å². The van der Waals surface area contributed by atoms with Crippen molar-refractivity contribution in [3.05, 3.63) is 0 Å². The fourth-order valence-corrected chi connectivity index (χ4v) is 3.26. The number of rotatable bonds is 2. The molecule has 108 valence electrons. The lowest BCUT2D eigenvalue weighted by Gasteiger charge is -2.47. The summed E-state index contributed by atoms with van der Waals surface area (Å²) in [6.45, 7) is 5.14. The number of hydrogen-bond acceptors (Lipinski definition) is 6. The van der Waals surface area contributed by atoms with Gasteiger partial charge in [-0.05, 0) is 26.7 Å². The molecule has 2 aliphatic heterocycles. The highest BCUT2D eigenvalue weighted by atomic mass is 16.8. The number of fused-ring (bicyclic) bond motifs is 2. The van der Waals surface area contributed by atoms with Crippen molar-refractivity contribution in [1.29, 1.82) is 0 Å². The van der Waals surface area contributed by atoms with Crippen LogP contribution in [0.3, 0.4) is 0 Å². The zero-order valence-corrected chi connectivity index (χ0v) is 11.7. The Morgan fingerprint density at radius 1 is 1.26 bits per heavy atom. The Hall–Kier alpha value is -0.690. The molecule has 1 aliphatic carbocycles. The van der Waals surface area contributed by atoms with Crippen LogP contribution >= 0.6 is 0 Å². The van der Waals surface area contributed by atoms with Gasteiger partial charge in [-0.2, -0.15) is 0 Å². The molecule has 0 aromatic carbocycles. The lowest BCUT2D eigenvalue weighted by molar-refractivity contribution is -0.291. The second kappa shape index (κ2) is 4.15. The van der Waals surface area contributed by atoms with E-state index in [2.05, 4.69) is 0 Å². The predicted molar refractivity (Wildman–Crippen MR) is 63.2 cm³/mol. The highest BCUT2D eigenvalue weighted by molar-refractivity contribution is 5.66. The minimum Gasteiger partial charge on any atom is -0.459 e. The first-order chi connectivity index (χ1) is 8.88. The Morgan fingerprint density at radius 2 is 2.00 bits per heavy atom. The van der Waals surface area contributed by atoms with Gasteiger partial charge in [-0.1, -0.05) is 0 Å². The molecule has 0 radical (unpaired) electrons. The maximum absolute atomic E-state index is 11.2. The topological polar surface area (TPSA) is 63.2 Å². The molecule has 2 saturated heterocycles. The van der Waals surface area contributed by atoms with E-state index in [0.29, 0.717) is 0 Å². The fourth-order valence-electron chi connectivity index (χ4n) is 3.26. The van der Waals surface area contributed by atoms with Gasteiger partial charge in [-0.15, -0.1) is 0 Å². The van der Waals surface area contributed by atoms with E-state index in [1.807, 2.05) is 13.8 Å². The molecule has 0 amide bonds. The van der Waals surface area contributed by atoms with Crippen molar-refractivity contribution in [3.8, 4) is 0 Å². The Morgan fingerprint density at radius 3 is 2.53 bits per heavy atom. The number of carbonyl (C=O) groups excluding carboxylic acids is 1. The van der Waals surface area contributed by atoms with Crippen LogP contribution in [0.2, 0.25) is 0 Å². The van der Waals surface area contributed by atoms with Crippen LogP contribution < -0.4 is 0 Å². The molecule has 3 rings (SSSR count). The largest absolute Gasteiger partial charge is 0.459 e. The molecule has 0 bridgehead atoms. The van der Waals surface area contributed by atoms with Gasteiger partial charge in [0.1, 0.15) is 23.9 Å². The molecule has 3 unspecified atom stereocenters. The maximum Gasteiger partial charge on any atom is 0.303 e. The first-order valence-electron chi connectivity index (χ1n) is 6.61. The fraction of sp³-hybridized carbons (Fsp3) is 0.923. The molecule has 19 heavy (non-hydrogen) atoms. The van der Waals surface area contributed by atoms with Crippen LogP contribution in [0.5, 0.6) is 0 Å². The van der Waals surface area contributed by atoms with Crippen LogP contribution in [0, 0.1) is 0 Å². The first-order valence-corrected chi connectivity index (χ1v) is 6.61. The number of hydrogen-bond donors (Lipinski definition) is 0. The Bertz CT molecular complexity index is 395. The summed E-state index contributed by atoms with van der Waals surface area (Å²) in [4.78, 5) is 11.2. The summed E-state index contributed by atoms with van der Waals surface area (Å²) in [7, 11) is 1.58. The number of methoxy groups -OCH3 is 1. The van der Waals surface area contributed by atoms with Crippen LogP contribution in [0.15, 0.2) is 0 Å². The van der Waals surface area contributed by atoms with Crippen LogP contribution in [0.4, 0.5) is 0 Å². The second-order valence-corrected chi connectivity index (χ2v) is 5.83. The average Bonchev–Trinajstić information content (AvgIpc) is 2.76. The first kappa shape index (κ1) is 13.3. The summed E-state index contributed by atoms with van der Waals surface area (Å²) in [6.07, 6.45) is 0.262. The molecule has 1 saturated carbocycles. The molecule has 3 aliphatic rings. The van der Waals surface area contributed by atoms with Crippen molar-refractivity contribution in [2.45, 2.75) is 69.6 Å². The lowest BCUT2D eigenvalue weighted by atomic mass is 9.72. The van der Waals surface area contributed by atoms with E-state index in [-0.39, 0.29) is 24.3 Å². The van der Waals surface area contributed by atoms with Gasteiger partial charge in [0, 0.05) is 14.0 Å². The summed E-state index contributed by atoms with van der Waals surface area (Å²) >= 11 is 0. The molecule has 2 heterocycles. The van der Waals surface area contributed by atoms with Crippen LogP contribution in [-0.4, -0.2) is 49.1 Å². The number of esters is 1. The second-order valence-electron chi connectivity index (χ2n) is 5.83. The van der Waals surface area contributed by atoms with Gasteiger partial charge in [-0.25, -0.2) is 0 Å². The minimum absolute atomic E-state index is 0.259. The number of carbonyl (C=O) groups is 1. The Kier molecular flexibility index (Phi) is 2.91. The van der Waals surface area contributed by atoms with Gasteiger partial charge >= 0.3 is 5.97 Å². The van der Waals surface area contributed by atoms with E-state index < -0.39 is 17.7 Å². The lowest BCUT2D eigenvalue weighted by Crippen LogP contribution is -2.61. The van der Waals surface area contributed by atoms with Gasteiger partial charge in [-0.3, -0.25) is 4.79 Å². The average molecular weight is 272 g/mol. The van der Waals surface area contributed by atoms with Gasteiger partial charge in [0.25, 0.3) is 0 Å². The normalized spacial score (nSPS) is 46.9. The molecule has 3 fully saturated rings. The summed E-state index contributed by atoms with van der Waals surface area (Å²) < 4.78 is 28.4. The zero-order valence-electron chi connectivity index (χ0n) is 11.7. The van der Waals surface area contributed by atoms with E-state index in [4.69, 9.17) is 23.7 Å². The van der Waals surface area contributed by atoms with Gasteiger partial charge in [0.05, 0.1) is 0 Å². The van der Waals surface area contributed by atoms with Gasteiger partial charge in [0.15, 0.2) is 12.1 Å². The number of ether oxygens (including phenoxy) is 5. The highest BCUT2D eigenvalue weighted by Crippen LogP contribution is 2.54. The molecular weight excluding hydrogens is 252 g/mol. The summed E-state index contributed by atoms with van der Waals surface area (Å²) in [5, 5.41) is 0. The zero-order chi connectivity index (χ0) is 13.8. The van der Waals surface area contributed by atoms with Crippen LogP contribution in [-0.2, 0) is 28.5 Å². The van der Waals surface area contributed by atoms with Crippen LogP contribution in [0.25, 0.3) is 0 Å². The van der Waals surface area contributed by atoms with Crippen molar-refractivity contribution < 1.29 is 28.5 Å². The smallest absolute Gasteiger partial charge is 0.303 e. The van der Waals surface area contributed by atoms with Gasteiger partial charge in [0.2, 0.25) is 0 Å². The summed E-state index contributed by atoms with van der Waals surface area (Å²) in [5.41, 5.74) is -0.620. The summed E-state index contributed by atoms with van der Waals surface area (Å²) in [6, 6.07) is 0. The molecular formula is C13H20O6. The third-order valence-electron chi connectivity index (χ3n) is 4.10. The molecule has 6 heteroatoms. The molecule has 0 aromatic heterocycles. The van der Waals surface area contributed by atoms with Crippen LogP contribution in [0.1, 0.15) is 33.6 Å². The molecule has 1 spiro atoms. The molecule has 0 N–H and O–H groups in total. The Balaban J connectivity index is 1.84. The van der Waals surface area contributed by atoms with E-state index in [1.54, 1.807) is 7.11 Å². The minimum atomic E-state index is -0.667. The SMILES string of the molecule is COC1O[C@@]2(CC[C@H]2OC(C)=O)C2OC(C)(C)OC12. The van der Waals surface area contributed by atoms with E-state index in [0.717, 1.165) is 12.8 Å². The molecule has 0 aromatic rings. The van der Waals surface area contributed by atoms with Crippen molar-refractivity contribution in [2.24, 2.45) is 0 Å². The van der Waals surface area contributed by atoms with Gasteiger partial charge < -0.3 is 23.7 Å². The van der Waals surface area contributed by atoms with E-state index >= 15 is 0 Å².